The second-order valence-corrected chi connectivity index (χ2v) is 4.48. The van der Waals surface area contributed by atoms with Gasteiger partial charge in [0.1, 0.15) is 16.7 Å². The molecule has 0 unspecified atom stereocenters. The van der Waals surface area contributed by atoms with E-state index in [4.69, 9.17) is 5.73 Å². The number of nitrogen functional groups attached to an aromatic ring is 1. The van der Waals surface area contributed by atoms with Crippen molar-refractivity contribution in [3.8, 4) is 0 Å². The van der Waals surface area contributed by atoms with E-state index >= 15 is 0 Å². The Morgan fingerprint density at radius 3 is 2.92 bits per heavy atom. The van der Waals surface area contributed by atoms with Crippen LogP contribution in [0.5, 0.6) is 0 Å². The predicted molar refractivity (Wildman–Crippen MR) is 54.8 cm³/mol. The normalized spacial score (nSPS) is 16.1. The fourth-order valence-electron chi connectivity index (χ4n) is 1.21. The molecule has 0 saturated heterocycles. The van der Waals surface area contributed by atoms with Gasteiger partial charge in [-0.05, 0) is 18.6 Å². The van der Waals surface area contributed by atoms with Crippen LogP contribution in [0.3, 0.4) is 0 Å². The van der Waals surface area contributed by atoms with Crippen LogP contribution in [0.1, 0.15) is 31.5 Å². The summed E-state index contributed by atoms with van der Waals surface area (Å²) >= 11 is 1.72. The average molecular weight is 195 g/mol. The Morgan fingerprint density at radius 2 is 2.31 bits per heavy atom. The summed E-state index contributed by atoms with van der Waals surface area (Å²) in [5.74, 6) is 3.16. The maximum Gasteiger partial charge on any atom is 0.135 e. The minimum atomic E-state index is 0.583. The SMILES string of the molecule is CCSc1cc(N)nc(C2CC2)n1. The zero-order chi connectivity index (χ0) is 9.26. The number of hydrogen-bond acceptors (Lipinski definition) is 4. The van der Waals surface area contributed by atoms with Crippen LogP contribution in [0.15, 0.2) is 11.1 Å². The van der Waals surface area contributed by atoms with Crippen molar-refractivity contribution in [1.29, 1.82) is 0 Å². The summed E-state index contributed by atoms with van der Waals surface area (Å²) in [6.45, 7) is 2.11. The largest absolute Gasteiger partial charge is 0.384 e. The lowest BCUT2D eigenvalue weighted by Gasteiger charge is -2.02. The molecule has 0 radical (unpaired) electrons. The van der Waals surface area contributed by atoms with Crippen molar-refractivity contribution in [1.82, 2.24) is 9.97 Å². The van der Waals surface area contributed by atoms with E-state index < -0.39 is 0 Å². The average Bonchev–Trinajstić information content (AvgIpc) is 2.85. The summed E-state index contributed by atoms with van der Waals surface area (Å²) in [4.78, 5) is 8.69. The molecular formula is C9H13N3S. The van der Waals surface area contributed by atoms with Crippen molar-refractivity contribution in [2.75, 3.05) is 11.5 Å². The van der Waals surface area contributed by atoms with E-state index in [1.165, 1.54) is 12.8 Å². The first kappa shape index (κ1) is 8.81. The van der Waals surface area contributed by atoms with Crippen LogP contribution in [0, 0.1) is 0 Å². The Labute approximate surface area is 82.2 Å². The van der Waals surface area contributed by atoms with Crippen LogP contribution in [0.2, 0.25) is 0 Å². The topological polar surface area (TPSA) is 51.8 Å². The predicted octanol–water partition coefficient (Wildman–Crippen LogP) is 2.05. The molecule has 3 nitrogen and oxygen atoms in total. The molecular weight excluding hydrogens is 182 g/mol. The third kappa shape index (κ3) is 2.12. The van der Waals surface area contributed by atoms with Crippen LogP contribution in [-0.2, 0) is 0 Å². The second-order valence-electron chi connectivity index (χ2n) is 3.20. The summed E-state index contributed by atoms with van der Waals surface area (Å²) in [6.07, 6.45) is 2.44. The number of hydrogen-bond donors (Lipinski definition) is 1. The Balaban J connectivity index is 2.25. The summed E-state index contributed by atoms with van der Waals surface area (Å²) in [7, 11) is 0. The highest BCUT2D eigenvalue weighted by Crippen LogP contribution is 2.38. The van der Waals surface area contributed by atoms with Gasteiger partial charge in [-0.1, -0.05) is 6.92 Å². The van der Waals surface area contributed by atoms with Gasteiger partial charge in [-0.3, -0.25) is 0 Å². The highest BCUT2D eigenvalue weighted by molar-refractivity contribution is 7.99. The van der Waals surface area contributed by atoms with Crippen LogP contribution in [0.4, 0.5) is 5.82 Å². The zero-order valence-corrected chi connectivity index (χ0v) is 8.47. The maximum absolute atomic E-state index is 5.69. The molecule has 70 valence electrons. The number of aromatic nitrogens is 2. The molecule has 4 heteroatoms. The molecule has 0 aliphatic heterocycles. The Morgan fingerprint density at radius 1 is 1.54 bits per heavy atom. The molecule has 1 aliphatic rings. The Hall–Kier alpha value is -0.770. The van der Waals surface area contributed by atoms with E-state index in [-0.39, 0.29) is 0 Å². The van der Waals surface area contributed by atoms with Crippen LogP contribution < -0.4 is 5.73 Å². The van der Waals surface area contributed by atoms with Gasteiger partial charge in [0, 0.05) is 12.0 Å². The van der Waals surface area contributed by atoms with Gasteiger partial charge in [-0.2, -0.15) is 0 Å². The molecule has 1 saturated carbocycles. The van der Waals surface area contributed by atoms with Gasteiger partial charge in [0.2, 0.25) is 0 Å². The van der Waals surface area contributed by atoms with Crippen molar-refractivity contribution < 1.29 is 0 Å². The first-order chi connectivity index (χ1) is 6.29. The lowest BCUT2D eigenvalue weighted by molar-refractivity contribution is 0.884. The second kappa shape index (κ2) is 3.54. The van der Waals surface area contributed by atoms with E-state index in [2.05, 4.69) is 16.9 Å². The van der Waals surface area contributed by atoms with E-state index in [0.717, 1.165) is 16.6 Å². The van der Waals surface area contributed by atoms with E-state index in [0.29, 0.717) is 11.7 Å². The Kier molecular flexibility index (Phi) is 2.40. The van der Waals surface area contributed by atoms with Gasteiger partial charge in [-0.15, -0.1) is 11.8 Å². The van der Waals surface area contributed by atoms with Gasteiger partial charge in [0.05, 0.1) is 0 Å². The van der Waals surface area contributed by atoms with Crippen molar-refractivity contribution in [2.24, 2.45) is 0 Å². The lowest BCUT2D eigenvalue weighted by atomic mass is 10.4. The van der Waals surface area contributed by atoms with Gasteiger partial charge in [-0.25, -0.2) is 9.97 Å². The van der Waals surface area contributed by atoms with Crippen LogP contribution in [0.25, 0.3) is 0 Å². The molecule has 2 N–H and O–H groups in total. The van der Waals surface area contributed by atoms with Gasteiger partial charge in [0.15, 0.2) is 0 Å². The monoisotopic (exact) mass is 195 g/mol. The van der Waals surface area contributed by atoms with Crippen molar-refractivity contribution >= 4 is 17.6 Å². The minimum absolute atomic E-state index is 0.583. The molecule has 0 atom stereocenters. The summed E-state index contributed by atoms with van der Waals surface area (Å²) in [6, 6.07) is 1.85. The smallest absolute Gasteiger partial charge is 0.135 e. The first-order valence-electron chi connectivity index (χ1n) is 4.57. The molecule has 0 aromatic carbocycles. The minimum Gasteiger partial charge on any atom is -0.384 e. The number of nitrogens with two attached hydrogens (primary N) is 1. The van der Waals surface area contributed by atoms with E-state index in [9.17, 15) is 0 Å². The third-order valence-electron chi connectivity index (χ3n) is 1.97. The molecule has 1 heterocycles. The fraction of sp³-hybridized carbons (Fsp3) is 0.556. The summed E-state index contributed by atoms with van der Waals surface area (Å²) < 4.78 is 0. The van der Waals surface area contributed by atoms with Gasteiger partial charge >= 0.3 is 0 Å². The molecule has 1 aliphatic carbocycles. The highest BCUT2D eigenvalue weighted by atomic mass is 32.2. The number of anilines is 1. The number of nitrogens with zero attached hydrogens (tertiary/aromatic N) is 2. The molecule has 1 fully saturated rings. The first-order valence-corrected chi connectivity index (χ1v) is 5.55. The van der Waals surface area contributed by atoms with E-state index in [1.54, 1.807) is 11.8 Å². The molecule has 1 aromatic rings. The quantitative estimate of drug-likeness (QED) is 0.592. The zero-order valence-electron chi connectivity index (χ0n) is 7.66. The standard InChI is InChI=1S/C9H13N3S/c1-2-13-8-5-7(10)11-9(12-8)6-3-4-6/h5-6H,2-4H2,1H3,(H2,10,11,12). The summed E-state index contributed by atoms with van der Waals surface area (Å²) in [5.41, 5.74) is 5.69. The molecule has 0 bridgehead atoms. The molecule has 2 rings (SSSR count). The lowest BCUT2D eigenvalue weighted by Crippen LogP contribution is -1.99. The van der Waals surface area contributed by atoms with Gasteiger partial charge < -0.3 is 5.73 Å². The third-order valence-corrected chi connectivity index (χ3v) is 2.77. The Bertz CT molecular complexity index is 310. The van der Waals surface area contributed by atoms with Crippen LogP contribution >= 0.6 is 11.8 Å². The molecule has 1 aromatic heterocycles. The van der Waals surface area contributed by atoms with Crippen molar-refractivity contribution in [3.05, 3.63) is 11.9 Å². The number of rotatable bonds is 3. The van der Waals surface area contributed by atoms with E-state index in [1.807, 2.05) is 6.07 Å². The summed E-state index contributed by atoms with van der Waals surface area (Å²) in [5, 5.41) is 1.01. The number of thioether (sulfide) groups is 1. The molecule has 0 spiro atoms. The molecule has 13 heavy (non-hydrogen) atoms. The van der Waals surface area contributed by atoms with Crippen molar-refractivity contribution in [2.45, 2.75) is 30.7 Å². The van der Waals surface area contributed by atoms with Gasteiger partial charge in [0.25, 0.3) is 0 Å². The maximum atomic E-state index is 5.69. The molecule has 0 amide bonds. The highest BCUT2D eigenvalue weighted by Gasteiger charge is 2.27. The fourth-order valence-corrected chi connectivity index (χ4v) is 1.87. The van der Waals surface area contributed by atoms with Crippen LogP contribution in [-0.4, -0.2) is 15.7 Å². The van der Waals surface area contributed by atoms with Crippen molar-refractivity contribution in [3.63, 3.8) is 0 Å².